The highest BCUT2D eigenvalue weighted by molar-refractivity contribution is 6.03. The molecular weight excluding hydrogens is 424 g/mol. The molecule has 0 spiro atoms. The van der Waals surface area contributed by atoms with Crippen LogP contribution in [0.15, 0.2) is 84.9 Å². The van der Waals surface area contributed by atoms with Crippen molar-refractivity contribution in [1.82, 2.24) is 0 Å². The molecule has 0 aliphatic heterocycles. The number of benzene rings is 4. The summed E-state index contributed by atoms with van der Waals surface area (Å²) >= 11 is 0. The van der Waals surface area contributed by atoms with E-state index in [1.165, 1.54) is 0 Å². The van der Waals surface area contributed by atoms with E-state index in [2.05, 4.69) is 5.32 Å². The smallest absolute Gasteiger partial charge is 0.249 e. The topological polar surface area (TPSA) is 81.4 Å². The van der Waals surface area contributed by atoms with Crippen molar-refractivity contribution < 1.29 is 14.3 Å². The van der Waals surface area contributed by atoms with Gasteiger partial charge in [-0.05, 0) is 71.1 Å². The van der Waals surface area contributed by atoms with Crippen LogP contribution in [-0.4, -0.2) is 18.4 Å². The van der Waals surface area contributed by atoms with E-state index in [1.54, 1.807) is 12.1 Å². The molecule has 0 aliphatic rings. The van der Waals surface area contributed by atoms with Gasteiger partial charge in [0.25, 0.3) is 0 Å². The van der Waals surface area contributed by atoms with Gasteiger partial charge in [0.15, 0.2) is 0 Å². The molecule has 4 aromatic rings. The first-order valence-electron chi connectivity index (χ1n) is 11.5. The van der Waals surface area contributed by atoms with Crippen LogP contribution in [0.4, 0.5) is 5.69 Å². The van der Waals surface area contributed by atoms with E-state index in [9.17, 15) is 9.59 Å². The van der Waals surface area contributed by atoms with E-state index >= 15 is 0 Å². The standard InChI is InChI=1S/C29H28N2O3/c1-3-25(19-8-6-5-7-9-19)29(33)31-23-13-15-26(27(18-23)28(30)32)22-11-10-21-17-24(34-4-2)14-12-20(21)16-22/h5-18,25H,3-4H2,1-2H3,(H2,30,32)(H,31,33). The van der Waals surface area contributed by atoms with Crippen molar-refractivity contribution in [3.63, 3.8) is 0 Å². The van der Waals surface area contributed by atoms with Crippen LogP contribution in [-0.2, 0) is 4.79 Å². The van der Waals surface area contributed by atoms with Gasteiger partial charge < -0.3 is 15.8 Å². The second-order valence-corrected chi connectivity index (χ2v) is 8.14. The second kappa shape index (κ2) is 10.2. The number of ether oxygens (including phenoxy) is 1. The molecular formula is C29H28N2O3. The van der Waals surface area contributed by atoms with E-state index < -0.39 is 5.91 Å². The van der Waals surface area contributed by atoms with Gasteiger partial charge in [0, 0.05) is 11.3 Å². The summed E-state index contributed by atoms with van der Waals surface area (Å²) in [6.45, 7) is 4.54. The number of carbonyl (C=O) groups is 2. The lowest BCUT2D eigenvalue weighted by Gasteiger charge is -2.17. The Morgan fingerprint density at radius 3 is 2.32 bits per heavy atom. The molecule has 3 N–H and O–H groups in total. The molecule has 34 heavy (non-hydrogen) atoms. The van der Waals surface area contributed by atoms with Crippen LogP contribution < -0.4 is 15.8 Å². The van der Waals surface area contributed by atoms with Gasteiger partial charge in [-0.15, -0.1) is 0 Å². The average Bonchev–Trinajstić information content (AvgIpc) is 2.85. The van der Waals surface area contributed by atoms with Crippen molar-refractivity contribution in [1.29, 1.82) is 0 Å². The van der Waals surface area contributed by atoms with Gasteiger partial charge in [0.2, 0.25) is 11.8 Å². The average molecular weight is 453 g/mol. The fourth-order valence-electron chi connectivity index (χ4n) is 4.21. The molecule has 0 bridgehead atoms. The van der Waals surface area contributed by atoms with Crippen LogP contribution in [0, 0.1) is 0 Å². The number of primary amides is 1. The fraction of sp³-hybridized carbons (Fsp3) is 0.172. The highest BCUT2D eigenvalue weighted by Gasteiger charge is 2.20. The minimum Gasteiger partial charge on any atom is -0.494 e. The molecule has 1 atom stereocenters. The fourth-order valence-corrected chi connectivity index (χ4v) is 4.21. The Morgan fingerprint density at radius 2 is 1.62 bits per heavy atom. The van der Waals surface area contributed by atoms with Gasteiger partial charge in [-0.1, -0.05) is 61.5 Å². The van der Waals surface area contributed by atoms with Crippen molar-refractivity contribution in [2.45, 2.75) is 26.2 Å². The predicted molar refractivity (Wildman–Crippen MR) is 137 cm³/mol. The summed E-state index contributed by atoms with van der Waals surface area (Å²) in [7, 11) is 0. The molecule has 4 aromatic carbocycles. The first kappa shape index (κ1) is 23.1. The SMILES string of the molecule is CCOc1ccc2cc(-c3ccc(NC(=O)C(CC)c4ccccc4)cc3C(N)=O)ccc2c1. The van der Waals surface area contributed by atoms with Crippen molar-refractivity contribution in [3.8, 4) is 16.9 Å². The molecule has 0 radical (unpaired) electrons. The number of amides is 2. The van der Waals surface area contributed by atoms with Crippen LogP contribution in [0.2, 0.25) is 0 Å². The molecule has 0 fully saturated rings. The zero-order chi connectivity index (χ0) is 24.1. The van der Waals surface area contributed by atoms with E-state index in [1.807, 2.05) is 86.6 Å². The second-order valence-electron chi connectivity index (χ2n) is 8.14. The Labute approximate surface area is 199 Å². The Bertz CT molecular complexity index is 1330. The number of hydrogen-bond acceptors (Lipinski definition) is 3. The maximum Gasteiger partial charge on any atom is 0.249 e. The maximum atomic E-state index is 13.0. The van der Waals surface area contributed by atoms with Gasteiger partial charge in [-0.2, -0.15) is 0 Å². The molecule has 4 rings (SSSR count). The molecule has 0 saturated carbocycles. The molecule has 0 aliphatic carbocycles. The van der Waals surface area contributed by atoms with Crippen molar-refractivity contribution in [3.05, 3.63) is 96.1 Å². The van der Waals surface area contributed by atoms with E-state index in [0.29, 0.717) is 24.3 Å². The third-order valence-electron chi connectivity index (χ3n) is 5.91. The van der Waals surface area contributed by atoms with Crippen LogP contribution in [0.25, 0.3) is 21.9 Å². The maximum absolute atomic E-state index is 13.0. The summed E-state index contributed by atoms with van der Waals surface area (Å²) in [4.78, 5) is 25.3. The Kier molecular flexibility index (Phi) is 6.93. The third-order valence-corrected chi connectivity index (χ3v) is 5.91. The summed E-state index contributed by atoms with van der Waals surface area (Å²) in [5, 5.41) is 5.03. The summed E-state index contributed by atoms with van der Waals surface area (Å²) in [5.74, 6) is -0.123. The Morgan fingerprint density at radius 1 is 0.882 bits per heavy atom. The van der Waals surface area contributed by atoms with Crippen molar-refractivity contribution >= 4 is 28.3 Å². The van der Waals surface area contributed by atoms with Gasteiger partial charge in [-0.25, -0.2) is 0 Å². The lowest BCUT2D eigenvalue weighted by molar-refractivity contribution is -0.117. The minimum atomic E-state index is -0.548. The number of fused-ring (bicyclic) bond motifs is 1. The molecule has 0 heterocycles. The Balaban J connectivity index is 1.63. The number of rotatable bonds is 8. The number of anilines is 1. The number of nitrogens with one attached hydrogen (secondary N) is 1. The highest BCUT2D eigenvalue weighted by atomic mass is 16.5. The predicted octanol–water partition coefficient (Wildman–Crippen LogP) is 6.14. The third kappa shape index (κ3) is 4.94. The number of hydrogen-bond donors (Lipinski definition) is 2. The van der Waals surface area contributed by atoms with Gasteiger partial charge in [-0.3, -0.25) is 9.59 Å². The van der Waals surface area contributed by atoms with Crippen LogP contribution in [0.1, 0.15) is 42.1 Å². The summed E-state index contributed by atoms with van der Waals surface area (Å²) in [6.07, 6.45) is 0.665. The zero-order valence-corrected chi connectivity index (χ0v) is 19.4. The quantitative estimate of drug-likeness (QED) is 0.337. The van der Waals surface area contributed by atoms with Gasteiger partial charge in [0.05, 0.1) is 12.5 Å². The molecule has 5 nitrogen and oxygen atoms in total. The highest BCUT2D eigenvalue weighted by Crippen LogP contribution is 2.31. The molecule has 1 unspecified atom stereocenters. The van der Waals surface area contributed by atoms with Crippen LogP contribution in [0.3, 0.4) is 0 Å². The first-order chi connectivity index (χ1) is 16.5. The van der Waals surface area contributed by atoms with E-state index in [-0.39, 0.29) is 11.8 Å². The molecule has 172 valence electrons. The lowest BCUT2D eigenvalue weighted by atomic mass is 9.94. The minimum absolute atomic E-state index is 0.118. The van der Waals surface area contributed by atoms with Crippen molar-refractivity contribution in [2.24, 2.45) is 5.73 Å². The lowest BCUT2D eigenvalue weighted by Crippen LogP contribution is -2.21. The van der Waals surface area contributed by atoms with Crippen molar-refractivity contribution in [2.75, 3.05) is 11.9 Å². The molecule has 2 amide bonds. The normalized spacial score (nSPS) is 11.7. The van der Waals surface area contributed by atoms with E-state index in [0.717, 1.165) is 33.2 Å². The van der Waals surface area contributed by atoms with Gasteiger partial charge in [0.1, 0.15) is 5.75 Å². The first-order valence-corrected chi connectivity index (χ1v) is 11.5. The molecule has 0 aromatic heterocycles. The monoisotopic (exact) mass is 452 g/mol. The van der Waals surface area contributed by atoms with Crippen LogP contribution >= 0.6 is 0 Å². The summed E-state index contributed by atoms with van der Waals surface area (Å²) in [6, 6.07) is 26.9. The molecule has 0 saturated heterocycles. The number of nitrogens with two attached hydrogens (primary N) is 1. The summed E-state index contributed by atoms with van der Waals surface area (Å²) < 4.78 is 5.58. The number of carbonyl (C=O) groups excluding carboxylic acids is 2. The van der Waals surface area contributed by atoms with E-state index in [4.69, 9.17) is 10.5 Å². The largest absolute Gasteiger partial charge is 0.494 e. The Hall–Kier alpha value is -4.12. The van der Waals surface area contributed by atoms with Gasteiger partial charge >= 0.3 is 0 Å². The molecule has 5 heteroatoms. The van der Waals surface area contributed by atoms with Crippen LogP contribution in [0.5, 0.6) is 5.75 Å². The summed E-state index contributed by atoms with van der Waals surface area (Å²) in [5.41, 5.74) is 9.17. The zero-order valence-electron chi connectivity index (χ0n) is 19.4.